The van der Waals surface area contributed by atoms with Gasteiger partial charge in [-0.25, -0.2) is 59.8 Å². The molecule has 0 saturated carbocycles. The molecule has 0 spiro atoms. The molecule has 7 aromatic heterocycles. The summed E-state index contributed by atoms with van der Waals surface area (Å²) in [5, 5.41) is 3.17. The Morgan fingerprint density at radius 3 is 0.929 bits per heavy atom. The molecule has 6 aliphatic rings. The number of aryl methyl sites for hydroxylation is 3. The zero-order valence-corrected chi connectivity index (χ0v) is 83.3. The van der Waals surface area contributed by atoms with E-state index in [4.69, 9.17) is 9.97 Å². The Morgan fingerprint density at radius 1 is 0.270 bits per heavy atom. The van der Waals surface area contributed by atoms with Gasteiger partial charge in [0, 0.05) is 200 Å². The summed E-state index contributed by atoms with van der Waals surface area (Å²) >= 11 is 1.67. The topological polar surface area (TPSA) is 194 Å². The summed E-state index contributed by atoms with van der Waals surface area (Å²) in [6.45, 7) is 22.3. The SMILES string of the molecule is CC(C)N1[CH-]N(c2[c-]cccc2)c2nccnc21.CN1[CH-]N(c2[c-]cccc2)c2nccnc21.Cc1ccccc1N1[CH-]N(c2[c-]cccc2)c2nccnc21.Cc1nc2c(nc1C)N(c1ccccc1)[CH-]N2c1[c-]cccc1.[Ir].[Ir].[Ir].[Ir].[Ir].[Ir].[c-]1ccccc1N1[CH-]N(c2ccccc2)c2nccnc21.[c-]1ccccc1N1[CH-]N(c2cccs2)c2nccnc21. The van der Waals surface area contributed by atoms with Crippen molar-refractivity contribution in [2.75, 3.05) is 65.8 Å². The number of rotatable bonds is 11. The normalized spacial score (nSPS) is 12.9. The molecule has 0 atom stereocenters. The van der Waals surface area contributed by atoms with Crippen molar-refractivity contribution in [3.63, 3.8) is 0 Å². The average molecular weight is 2740 g/mol. The number of hydrogen-bond acceptors (Lipinski definition) is 25. The zero-order valence-electron chi connectivity index (χ0n) is 68.1. The van der Waals surface area contributed by atoms with Crippen molar-refractivity contribution in [3.05, 3.63) is 403 Å². The molecule has 24 nitrogen and oxygen atoms in total. The molecule has 0 saturated heterocycles. The van der Waals surface area contributed by atoms with Crippen LogP contribution in [0.4, 0.5) is 126 Å². The van der Waals surface area contributed by atoms with Crippen LogP contribution >= 0.6 is 11.3 Å². The Hall–Kier alpha value is -11.3. The van der Waals surface area contributed by atoms with E-state index in [0.29, 0.717) is 6.04 Å². The van der Waals surface area contributed by atoms with E-state index >= 15 is 0 Å². The van der Waals surface area contributed by atoms with Crippen LogP contribution in [0, 0.1) is 97.2 Å². The van der Waals surface area contributed by atoms with Gasteiger partial charge in [-0.15, -0.1) is 85.5 Å². The van der Waals surface area contributed by atoms with E-state index < -0.39 is 0 Å². The zero-order chi connectivity index (χ0) is 81.7. The Morgan fingerprint density at radius 2 is 0.556 bits per heavy atom. The fourth-order valence-corrected chi connectivity index (χ4v) is 14.2. The van der Waals surface area contributed by atoms with E-state index in [0.717, 1.165) is 137 Å². The summed E-state index contributed by atoms with van der Waals surface area (Å²) in [6, 6.07) is 99.4. The first-order chi connectivity index (χ1) is 59.1. The molecule has 0 amide bonds. The number of aromatic nitrogens is 12. The van der Waals surface area contributed by atoms with Gasteiger partial charge in [-0.05, 0) is 101 Å². The summed E-state index contributed by atoms with van der Waals surface area (Å²) in [6.07, 6.45) is 17.1. The van der Waals surface area contributed by atoms with Gasteiger partial charge < -0.3 is 58.8 Å². The van der Waals surface area contributed by atoms with Gasteiger partial charge in [-0.2, -0.15) is 182 Å². The van der Waals surface area contributed by atoms with Gasteiger partial charge in [0.15, 0.2) is 0 Å². The Balaban J connectivity index is 0.000000146. The second kappa shape index (κ2) is 45.2. The number of benzene rings is 9. The maximum atomic E-state index is 4.76. The number of anilines is 22. The Labute approximate surface area is 819 Å². The number of para-hydroxylation sites is 9. The van der Waals surface area contributed by atoms with Crippen molar-refractivity contribution in [3.8, 4) is 0 Å². The van der Waals surface area contributed by atoms with Crippen LogP contribution in [-0.4, -0.2) is 72.9 Å². The van der Waals surface area contributed by atoms with Crippen LogP contribution in [-0.2, 0) is 121 Å². The Bertz CT molecular complexity index is 5920. The van der Waals surface area contributed by atoms with Gasteiger partial charge in [0.05, 0.1) is 16.4 Å². The van der Waals surface area contributed by atoms with E-state index in [-0.39, 0.29) is 121 Å². The second-order valence-corrected chi connectivity index (χ2v) is 28.4. The molecule has 0 fully saturated rings. The molecule has 31 heteroatoms. The largest absolute Gasteiger partial charge is 0.487 e. The van der Waals surface area contributed by atoms with E-state index in [1.165, 1.54) is 5.56 Å². The third-order valence-electron chi connectivity index (χ3n) is 19.3. The van der Waals surface area contributed by atoms with Gasteiger partial charge in [0.25, 0.3) is 0 Å². The van der Waals surface area contributed by atoms with E-state index in [2.05, 4.69) is 157 Å². The van der Waals surface area contributed by atoms with Crippen molar-refractivity contribution in [1.82, 2.24) is 59.8 Å². The van der Waals surface area contributed by atoms with Crippen LogP contribution in [0.15, 0.2) is 310 Å². The molecule has 126 heavy (non-hydrogen) atoms. The van der Waals surface area contributed by atoms with Crippen LogP contribution in [0.3, 0.4) is 0 Å². The van der Waals surface area contributed by atoms with Gasteiger partial charge in [-0.3, -0.25) is 0 Å². The number of hydrogen-bond donors (Lipinski definition) is 0. The first-order valence-corrected chi connectivity index (χ1v) is 39.4. The summed E-state index contributed by atoms with van der Waals surface area (Å²) in [7, 11) is 1.95. The number of nitrogens with zero attached hydrogens (tertiary/aromatic N) is 24. The predicted molar refractivity (Wildman–Crippen MR) is 475 cm³/mol. The van der Waals surface area contributed by atoms with E-state index in [9.17, 15) is 0 Å². The van der Waals surface area contributed by atoms with Crippen molar-refractivity contribution < 1.29 is 121 Å². The molecule has 0 N–H and O–H groups in total. The quantitative estimate of drug-likeness (QED) is 0.111. The molecule has 0 aliphatic carbocycles. The summed E-state index contributed by atoms with van der Waals surface area (Å²) < 4.78 is 0. The smallest absolute Gasteiger partial charge is 0.146 e. The van der Waals surface area contributed by atoms with Crippen molar-refractivity contribution in [2.24, 2.45) is 0 Å². The molecule has 0 unspecified atom stereocenters. The summed E-state index contributed by atoms with van der Waals surface area (Å²) in [5.41, 5.74) is 12.0. The summed E-state index contributed by atoms with van der Waals surface area (Å²) in [5.74, 6) is 10.1. The minimum Gasteiger partial charge on any atom is -0.487 e. The van der Waals surface area contributed by atoms with Gasteiger partial charge in [0.1, 0.15) is 69.8 Å². The van der Waals surface area contributed by atoms with E-state index in [1.807, 2.05) is 317 Å². The molecule has 9 aromatic carbocycles. The molecule has 0 bridgehead atoms. The predicted octanol–water partition coefficient (Wildman–Crippen LogP) is 20.5. The van der Waals surface area contributed by atoms with Crippen LogP contribution in [0.1, 0.15) is 30.8 Å². The van der Waals surface area contributed by atoms with Crippen molar-refractivity contribution in [1.29, 1.82) is 0 Å². The van der Waals surface area contributed by atoms with Crippen LogP contribution in [0.25, 0.3) is 0 Å². The van der Waals surface area contributed by atoms with Gasteiger partial charge >= 0.3 is 0 Å². The molecule has 648 valence electrons. The van der Waals surface area contributed by atoms with Crippen LogP contribution in [0.5, 0.6) is 0 Å². The van der Waals surface area contributed by atoms with Crippen molar-refractivity contribution >= 4 is 137 Å². The van der Waals surface area contributed by atoms with Gasteiger partial charge in [0.2, 0.25) is 0 Å². The monoisotopic (exact) mass is 2740 g/mol. The molecule has 6 radical (unpaired) electrons. The van der Waals surface area contributed by atoms with Crippen LogP contribution in [0.2, 0.25) is 0 Å². The van der Waals surface area contributed by atoms with Crippen LogP contribution < -0.4 is 58.8 Å². The second-order valence-electron chi connectivity index (χ2n) is 27.5. The molecular formula is C95H76Ir6N24S-12. The number of fused-ring (bicyclic) bond motifs is 6. The Kier molecular flexibility index (Phi) is 34.2. The van der Waals surface area contributed by atoms with Gasteiger partial charge in [-0.1, -0.05) is 54.6 Å². The number of thiophene rings is 1. The molecular weight excluding hydrogens is 2660 g/mol. The third-order valence-corrected chi connectivity index (χ3v) is 20.2. The molecule has 6 aliphatic heterocycles. The standard InChI is InChI=1S/C19H16N4.C18H14N4.C17H12N4.C15H10N4S.C14H14N4.C12H10N4.6Ir/c1-14-15(2)21-19-18(20-14)22(16-9-5-3-6-10-16)13-23(19)17-11-7-4-8-12-17;1-14-7-5-6-10-16(14)22-13-21(15-8-3-2-4-9-15)17-18(22)20-12-11-19-17;1-3-7-14(8-4-1)20-13-21(15-9-5-2-6-10-15)17-16(20)18-11-12-19-17;1-2-5-12(6-3-1)18-11-19(13-7-4-10-20-13)15-14(18)16-8-9-17-15;1-11(2)17-10-18(12-6-4-3-5-7-12)14-13(17)15-8-9-16-14;1-15-9-16(10-5-3-2-4-6-10)12-11(15)13-7-8-14-12;;;;;;/h3-11,13H,1-2H3;2-8,10-13H,1H3;1-9,11-13H;1-5,7-11H;3-6,8-11H,1-2H3;2-5,7-9H,1H3;;;;;;/q6*-2;;;;;;. The maximum absolute atomic E-state index is 4.76. The average Bonchev–Trinajstić information content (AvgIpc) is 1.65. The first-order valence-electron chi connectivity index (χ1n) is 38.5. The fourth-order valence-electron chi connectivity index (χ4n) is 13.5. The minimum atomic E-state index is 0. The fraction of sp³-hybridized carbons (Fsp3) is 0.0737. The van der Waals surface area contributed by atoms with E-state index in [1.54, 1.807) is 73.3 Å². The third kappa shape index (κ3) is 21.2. The van der Waals surface area contributed by atoms with Crippen molar-refractivity contribution in [2.45, 2.75) is 40.7 Å². The minimum absolute atomic E-state index is 0. The molecule has 13 heterocycles. The molecule has 16 aromatic rings. The first kappa shape index (κ1) is 95.3. The maximum Gasteiger partial charge on any atom is 0.146 e. The molecule has 22 rings (SSSR count). The summed E-state index contributed by atoms with van der Waals surface area (Å²) in [4.78, 5) is 78.1.